The Morgan fingerprint density at radius 3 is 2.07 bits per heavy atom. The quantitative estimate of drug-likeness (QED) is 0.194. The molecule has 4 rings (SSSR count). The Kier molecular flexibility index (Phi) is 11.5. The Morgan fingerprint density at radius 2 is 1.48 bits per heavy atom. The van der Waals surface area contributed by atoms with Gasteiger partial charge in [-0.15, -0.1) is 0 Å². The topological polar surface area (TPSA) is 161 Å². The van der Waals surface area contributed by atoms with Gasteiger partial charge in [0.1, 0.15) is 0 Å². The molecule has 0 radical (unpaired) electrons. The van der Waals surface area contributed by atoms with Crippen LogP contribution in [0.1, 0.15) is 95.7 Å². The minimum absolute atomic E-state index is 0. The predicted molar refractivity (Wildman–Crippen MR) is 165 cm³/mol. The summed E-state index contributed by atoms with van der Waals surface area (Å²) in [6, 6.07) is -0.314. The molecule has 4 heterocycles. The van der Waals surface area contributed by atoms with Crippen molar-refractivity contribution in [3.05, 3.63) is 61.7 Å². The number of rotatable bonds is 13. The van der Waals surface area contributed by atoms with Gasteiger partial charge in [-0.05, 0) is 92.9 Å². The molecule has 44 heavy (non-hydrogen) atoms. The number of H-pyrrole nitrogens is 1. The molecule has 0 bridgehead atoms. The van der Waals surface area contributed by atoms with E-state index >= 15 is 0 Å². The van der Waals surface area contributed by atoms with Gasteiger partial charge in [0.15, 0.2) is 0 Å². The fourth-order valence-corrected chi connectivity index (χ4v) is 6.49. The summed E-state index contributed by atoms with van der Waals surface area (Å²) >= 11 is 0. The number of hydrogen-bond donors (Lipinski definition) is 5. The summed E-state index contributed by atoms with van der Waals surface area (Å²) in [5, 5.41) is 25.0. The van der Waals surface area contributed by atoms with Crippen LogP contribution in [0.4, 0.5) is 0 Å². The van der Waals surface area contributed by atoms with E-state index < -0.39 is 11.9 Å². The van der Waals surface area contributed by atoms with Crippen LogP contribution in [-0.2, 0) is 51.5 Å². The van der Waals surface area contributed by atoms with Crippen molar-refractivity contribution in [1.82, 2.24) is 15.6 Å². The first-order valence-electron chi connectivity index (χ1n) is 15.0. The van der Waals surface area contributed by atoms with Gasteiger partial charge in [0.25, 0.3) is 0 Å². The molecule has 3 aliphatic heterocycles. The number of hydrogen-bond acceptors (Lipinski definition) is 5. The van der Waals surface area contributed by atoms with Crippen LogP contribution >= 0.6 is 0 Å². The standard InChI is InChI=1S/C33H42N4O6.Zn/c1-7-20-19(6)32(42)37-27(20)14-25-18(5)23(10-12-31(40)41)29(35-25)15-28-22(9-11-30(38)39)17(4)24(34-28)13-26-16(3)21(8-2)33(43)36-26;/h15,26-27,35H,7-14H2,1-6H3,(H,36,43)(H,37,42)(H,38,39)(H,40,41);/b28-15-;/t26-,27-;/m0./s1. The summed E-state index contributed by atoms with van der Waals surface area (Å²) in [5.74, 6) is -1.93. The van der Waals surface area contributed by atoms with Crippen molar-refractivity contribution in [2.24, 2.45) is 4.99 Å². The van der Waals surface area contributed by atoms with Gasteiger partial charge in [-0.2, -0.15) is 0 Å². The molecule has 1 aromatic heterocycles. The molecule has 0 saturated carbocycles. The van der Waals surface area contributed by atoms with E-state index in [1.165, 1.54) is 0 Å². The first-order chi connectivity index (χ1) is 20.4. The fourth-order valence-electron chi connectivity index (χ4n) is 6.49. The molecule has 0 fully saturated rings. The molecule has 2 amide bonds. The molecule has 5 N–H and O–H groups in total. The Morgan fingerprint density at radius 1 is 0.841 bits per heavy atom. The first-order valence-corrected chi connectivity index (χ1v) is 15.0. The van der Waals surface area contributed by atoms with Crippen LogP contribution in [0.2, 0.25) is 0 Å². The van der Waals surface area contributed by atoms with E-state index in [0.29, 0.717) is 37.8 Å². The van der Waals surface area contributed by atoms with Crippen LogP contribution in [0.25, 0.3) is 6.08 Å². The Hall–Kier alpha value is -3.59. The number of carboxylic acid groups (broad SMARTS) is 2. The summed E-state index contributed by atoms with van der Waals surface area (Å²) in [4.78, 5) is 56.3. The number of nitrogens with one attached hydrogen (secondary N) is 3. The van der Waals surface area contributed by atoms with Gasteiger partial charge in [0.2, 0.25) is 11.8 Å². The number of aromatic nitrogens is 1. The maximum atomic E-state index is 12.4. The van der Waals surface area contributed by atoms with Crippen LogP contribution in [0, 0.1) is 6.92 Å². The van der Waals surface area contributed by atoms with E-state index in [2.05, 4.69) is 15.6 Å². The third-order valence-electron chi connectivity index (χ3n) is 9.09. The average Bonchev–Trinajstić information content (AvgIpc) is 3.59. The number of nitrogens with zero attached hydrogens (tertiary/aromatic N) is 1. The Labute approximate surface area is 271 Å². The first kappa shape index (κ1) is 34.9. The van der Waals surface area contributed by atoms with Crippen molar-refractivity contribution in [3.8, 4) is 0 Å². The molecule has 10 nitrogen and oxygen atoms in total. The van der Waals surface area contributed by atoms with Gasteiger partial charge >= 0.3 is 11.9 Å². The predicted octanol–water partition coefficient (Wildman–Crippen LogP) is 4.70. The Balaban J connectivity index is 0.00000529. The minimum atomic E-state index is -0.906. The number of allylic oxidation sites excluding steroid dienone is 2. The molecule has 2 atom stereocenters. The normalized spacial score (nSPS) is 20.9. The molecule has 0 unspecified atom stereocenters. The molecular weight excluding hydrogens is 614 g/mol. The number of aliphatic imine (C=N–C) groups is 1. The van der Waals surface area contributed by atoms with Crippen LogP contribution in [0.15, 0.2) is 44.1 Å². The van der Waals surface area contributed by atoms with E-state index in [0.717, 1.165) is 68.1 Å². The molecule has 0 aliphatic carbocycles. The van der Waals surface area contributed by atoms with Gasteiger partial charge in [-0.3, -0.25) is 24.2 Å². The van der Waals surface area contributed by atoms with Gasteiger partial charge in [-0.1, -0.05) is 13.8 Å². The second-order valence-corrected chi connectivity index (χ2v) is 11.6. The summed E-state index contributed by atoms with van der Waals surface area (Å²) in [6.07, 6.45) is 4.84. The van der Waals surface area contributed by atoms with E-state index in [1.807, 2.05) is 47.6 Å². The minimum Gasteiger partial charge on any atom is -0.481 e. The number of amides is 2. The van der Waals surface area contributed by atoms with Crippen molar-refractivity contribution in [2.75, 3.05) is 0 Å². The van der Waals surface area contributed by atoms with Crippen molar-refractivity contribution >= 4 is 35.5 Å². The van der Waals surface area contributed by atoms with Crippen LogP contribution in [0.3, 0.4) is 0 Å². The SMILES string of the molecule is CCC1=C(C)[C@H](CC2=N/C(=C\c3[nH]c(C[C@@H]4NC(=O)C(C)=C4CC)c(C)c3CCC(=O)O)C(CCC(=O)O)=C2C)NC1=O.[Zn]. The molecule has 3 aliphatic rings. The maximum Gasteiger partial charge on any atom is 0.303 e. The van der Waals surface area contributed by atoms with Crippen LogP contribution in [0.5, 0.6) is 0 Å². The molecule has 0 spiro atoms. The van der Waals surface area contributed by atoms with Crippen molar-refractivity contribution < 1.29 is 48.9 Å². The van der Waals surface area contributed by atoms with Crippen molar-refractivity contribution in [2.45, 2.75) is 105 Å². The number of carboxylic acids is 2. The van der Waals surface area contributed by atoms with Crippen molar-refractivity contribution in [3.63, 3.8) is 0 Å². The second-order valence-electron chi connectivity index (χ2n) is 11.6. The molecular formula is C33H42N4O6Zn. The smallest absolute Gasteiger partial charge is 0.303 e. The summed E-state index contributed by atoms with van der Waals surface area (Å²) < 4.78 is 0. The third kappa shape index (κ3) is 7.20. The zero-order chi connectivity index (χ0) is 31.6. The zero-order valence-electron chi connectivity index (χ0n) is 26.6. The number of carbonyl (C=O) groups excluding carboxylic acids is 2. The molecule has 232 valence electrons. The van der Waals surface area contributed by atoms with E-state index in [1.54, 1.807) is 0 Å². The molecule has 0 aromatic carbocycles. The van der Waals surface area contributed by atoms with Gasteiger partial charge in [0, 0.05) is 73.4 Å². The largest absolute Gasteiger partial charge is 0.481 e. The Bertz CT molecular complexity index is 1540. The number of aromatic amines is 1. The molecule has 11 heteroatoms. The average molecular weight is 656 g/mol. The third-order valence-corrected chi connectivity index (χ3v) is 9.09. The van der Waals surface area contributed by atoms with Gasteiger partial charge in [0.05, 0.1) is 17.8 Å². The number of carbonyl (C=O) groups is 4. The van der Waals surface area contributed by atoms with E-state index in [9.17, 15) is 29.4 Å². The van der Waals surface area contributed by atoms with Crippen molar-refractivity contribution in [1.29, 1.82) is 0 Å². The van der Waals surface area contributed by atoms with Crippen LogP contribution in [-0.4, -0.2) is 56.7 Å². The monoisotopic (exact) mass is 654 g/mol. The zero-order valence-corrected chi connectivity index (χ0v) is 29.5. The summed E-state index contributed by atoms with van der Waals surface area (Å²) in [6.45, 7) is 11.7. The van der Waals surface area contributed by atoms with Gasteiger partial charge in [-0.25, -0.2) is 0 Å². The fraction of sp³-hybridized carbons (Fsp3) is 0.485. The summed E-state index contributed by atoms with van der Waals surface area (Å²) in [7, 11) is 0. The second kappa shape index (κ2) is 14.5. The molecule has 1 aromatic rings. The maximum absolute atomic E-state index is 12.4. The van der Waals surface area contributed by atoms with Crippen LogP contribution < -0.4 is 10.6 Å². The van der Waals surface area contributed by atoms with E-state index in [4.69, 9.17) is 4.99 Å². The van der Waals surface area contributed by atoms with Gasteiger partial charge < -0.3 is 25.8 Å². The van der Waals surface area contributed by atoms with E-state index in [-0.39, 0.29) is 56.2 Å². The summed E-state index contributed by atoms with van der Waals surface area (Å²) in [5.41, 5.74) is 10.2. The number of aliphatic carboxylic acids is 2. The molecule has 0 saturated heterocycles.